The van der Waals surface area contributed by atoms with Gasteiger partial charge in [0.25, 0.3) is 0 Å². The lowest BCUT2D eigenvalue weighted by Gasteiger charge is -2.04. The largest absolute Gasteiger partial charge is 0.466 e. The Bertz CT molecular complexity index is 149. The van der Waals surface area contributed by atoms with Crippen molar-refractivity contribution in [2.75, 3.05) is 12.5 Å². The van der Waals surface area contributed by atoms with E-state index in [1.54, 1.807) is 0 Å². The molecule has 0 atom stereocenters. The van der Waals surface area contributed by atoms with Gasteiger partial charge in [0.2, 0.25) is 0 Å². The van der Waals surface area contributed by atoms with Gasteiger partial charge >= 0.3 is 5.97 Å². The van der Waals surface area contributed by atoms with Crippen LogP contribution in [0.3, 0.4) is 0 Å². The summed E-state index contributed by atoms with van der Waals surface area (Å²) < 4.78 is 5.09. The minimum atomic E-state index is -0.0735. The number of rotatable bonds is 10. The highest BCUT2D eigenvalue weighted by Crippen LogP contribution is 2.04. The van der Waals surface area contributed by atoms with Gasteiger partial charge in [0.15, 0.2) is 0 Å². The van der Waals surface area contributed by atoms with Crippen molar-refractivity contribution >= 4 is 17.6 Å². The van der Waals surface area contributed by atoms with Crippen molar-refractivity contribution in [2.45, 2.75) is 58.3 Å². The third-order valence-electron chi connectivity index (χ3n) is 2.28. The molecule has 0 N–H and O–H groups in total. The first kappa shape index (κ1) is 14.8. The second kappa shape index (κ2) is 11.8. The molecule has 0 rings (SSSR count). The molecule has 0 radical (unpaired) electrons. The lowest BCUT2D eigenvalue weighted by Crippen LogP contribution is -2.05. The van der Waals surface area contributed by atoms with Gasteiger partial charge in [-0.3, -0.25) is 4.79 Å². The van der Waals surface area contributed by atoms with Crippen LogP contribution in [-0.2, 0) is 9.53 Å². The average Bonchev–Trinajstić information content (AvgIpc) is 2.23. The van der Waals surface area contributed by atoms with Gasteiger partial charge in [-0.05, 0) is 19.3 Å². The van der Waals surface area contributed by atoms with Crippen molar-refractivity contribution in [3.8, 4) is 0 Å². The maximum absolute atomic E-state index is 11.1. The van der Waals surface area contributed by atoms with Crippen molar-refractivity contribution in [3.63, 3.8) is 0 Å². The summed E-state index contributed by atoms with van der Waals surface area (Å²) in [5.74, 6) is 0.556. The smallest absolute Gasteiger partial charge is 0.305 e. The van der Waals surface area contributed by atoms with E-state index in [0.717, 1.165) is 19.3 Å². The van der Waals surface area contributed by atoms with Gasteiger partial charge in [-0.15, -0.1) is 11.6 Å². The van der Waals surface area contributed by atoms with Gasteiger partial charge < -0.3 is 4.74 Å². The zero-order valence-electron chi connectivity index (χ0n) is 9.77. The standard InChI is InChI=1S/C12H23ClO2/c1-2-3-4-5-8-11-15-12(14)9-6-7-10-13/h2-11H2,1H3. The molecule has 0 bridgehead atoms. The molecule has 0 saturated heterocycles. The third kappa shape index (κ3) is 11.7. The first-order valence-corrected chi connectivity index (χ1v) is 6.56. The molecule has 2 nitrogen and oxygen atoms in total. The van der Waals surface area contributed by atoms with Gasteiger partial charge in [-0.1, -0.05) is 32.6 Å². The Morgan fingerprint density at radius 1 is 1.07 bits per heavy atom. The highest BCUT2D eigenvalue weighted by atomic mass is 35.5. The van der Waals surface area contributed by atoms with Crippen LogP contribution >= 0.6 is 11.6 Å². The van der Waals surface area contributed by atoms with Crippen LogP contribution < -0.4 is 0 Å². The van der Waals surface area contributed by atoms with E-state index >= 15 is 0 Å². The molecule has 0 heterocycles. The van der Waals surface area contributed by atoms with Crippen molar-refractivity contribution in [1.82, 2.24) is 0 Å². The van der Waals surface area contributed by atoms with Crippen LogP contribution in [0.2, 0.25) is 0 Å². The van der Waals surface area contributed by atoms with Crippen LogP contribution in [0.1, 0.15) is 58.3 Å². The highest BCUT2D eigenvalue weighted by molar-refractivity contribution is 6.17. The van der Waals surface area contributed by atoms with E-state index in [1.165, 1.54) is 25.7 Å². The Hall–Kier alpha value is -0.240. The summed E-state index contributed by atoms with van der Waals surface area (Å²) in [6.07, 6.45) is 8.21. The quantitative estimate of drug-likeness (QED) is 0.326. The normalized spacial score (nSPS) is 10.3. The Labute approximate surface area is 98.3 Å². The van der Waals surface area contributed by atoms with Crippen molar-refractivity contribution in [3.05, 3.63) is 0 Å². The van der Waals surface area contributed by atoms with Crippen LogP contribution in [0.15, 0.2) is 0 Å². The molecule has 0 aromatic heterocycles. The molecule has 0 spiro atoms. The molecule has 0 aliphatic heterocycles. The molecular weight excluding hydrogens is 212 g/mol. The van der Waals surface area contributed by atoms with Crippen molar-refractivity contribution in [1.29, 1.82) is 0 Å². The summed E-state index contributed by atoms with van der Waals surface area (Å²) in [4.78, 5) is 11.1. The van der Waals surface area contributed by atoms with E-state index in [9.17, 15) is 4.79 Å². The van der Waals surface area contributed by atoms with E-state index in [4.69, 9.17) is 16.3 Å². The monoisotopic (exact) mass is 234 g/mol. The SMILES string of the molecule is CCCCCCCOC(=O)CCCCCl. The number of carbonyl (C=O) groups is 1. The second-order valence-electron chi connectivity index (χ2n) is 3.78. The second-order valence-corrected chi connectivity index (χ2v) is 4.16. The fourth-order valence-electron chi connectivity index (χ4n) is 1.33. The maximum Gasteiger partial charge on any atom is 0.305 e. The molecule has 0 amide bonds. The molecule has 0 aliphatic rings. The molecule has 0 unspecified atom stereocenters. The number of carbonyl (C=O) groups excluding carboxylic acids is 1. The molecule has 0 aromatic rings. The van der Waals surface area contributed by atoms with Crippen molar-refractivity contribution in [2.24, 2.45) is 0 Å². The molecule has 0 saturated carbocycles. The zero-order chi connectivity index (χ0) is 11.4. The van der Waals surface area contributed by atoms with Crippen molar-refractivity contribution < 1.29 is 9.53 Å². The lowest BCUT2D eigenvalue weighted by atomic mass is 10.2. The summed E-state index contributed by atoms with van der Waals surface area (Å²) in [5.41, 5.74) is 0. The van der Waals surface area contributed by atoms with E-state index < -0.39 is 0 Å². The number of ether oxygens (including phenoxy) is 1. The molecular formula is C12H23ClO2. The van der Waals surface area contributed by atoms with Crippen LogP contribution in [0, 0.1) is 0 Å². The Kier molecular flexibility index (Phi) is 11.6. The first-order valence-electron chi connectivity index (χ1n) is 6.02. The Balaban J connectivity index is 3.10. The topological polar surface area (TPSA) is 26.3 Å². The number of hydrogen-bond donors (Lipinski definition) is 0. The maximum atomic E-state index is 11.1. The zero-order valence-corrected chi connectivity index (χ0v) is 10.5. The third-order valence-corrected chi connectivity index (χ3v) is 2.54. The van der Waals surface area contributed by atoms with Crippen LogP contribution in [0.4, 0.5) is 0 Å². The molecule has 0 aromatic carbocycles. The molecule has 3 heteroatoms. The minimum Gasteiger partial charge on any atom is -0.466 e. The van der Waals surface area contributed by atoms with Crippen LogP contribution in [-0.4, -0.2) is 18.5 Å². The van der Waals surface area contributed by atoms with Crippen LogP contribution in [0.5, 0.6) is 0 Å². The number of unbranched alkanes of at least 4 members (excludes halogenated alkanes) is 5. The van der Waals surface area contributed by atoms with E-state index in [1.807, 2.05) is 0 Å². The fourth-order valence-corrected chi connectivity index (χ4v) is 1.52. The summed E-state index contributed by atoms with van der Waals surface area (Å²) in [6, 6.07) is 0. The van der Waals surface area contributed by atoms with E-state index in [-0.39, 0.29) is 5.97 Å². The Morgan fingerprint density at radius 2 is 1.80 bits per heavy atom. The fraction of sp³-hybridized carbons (Fsp3) is 0.917. The van der Waals surface area contributed by atoms with Gasteiger partial charge in [-0.25, -0.2) is 0 Å². The lowest BCUT2D eigenvalue weighted by molar-refractivity contribution is -0.143. The van der Waals surface area contributed by atoms with Crippen LogP contribution in [0.25, 0.3) is 0 Å². The highest BCUT2D eigenvalue weighted by Gasteiger charge is 2.01. The summed E-state index contributed by atoms with van der Waals surface area (Å²) in [6.45, 7) is 2.78. The predicted molar refractivity (Wildman–Crippen MR) is 64.3 cm³/mol. The minimum absolute atomic E-state index is 0.0735. The summed E-state index contributed by atoms with van der Waals surface area (Å²) in [5, 5.41) is 0. The Morgan fingerprint density at radius 3 is 2.47 bits per heavy atom. The average molecular weight is 235 g/mol. The summed E-state index contributed by atoms with van der Waals surface area (Å²) >= 11 is 5.51. The van der Waals surface area contributed by atoms with Gasteiger partial charge in [0, 0.05) is 12.3 Å². The molecule has 15 heavy (non-hydrogen) atoms. The molecule has 0 aliphatic carbocycles. The number of alkyl halides is 1. The number of esters is 1. The molecule has 0 fully saturated rings. The van der Waals surface area contributed by atoms with Gasteiger partial charge in [0.1, 0.15) is 0 Å². The van der Waals surface area contributed by atoms with E-state index in [2.05, 4.69) is 6.92 Å². The summed E-state index contributed by atoms with van der Waals surface area (Å²) in [7, 11) is 0. The van der Waals surface area contributed by atoms with Gasteiger partial charge in [0.05, 0.1) is 6.61 Å². The predicted octanol–water partition coefficient (Wildman–Crippen LogP) is 3.91. The van der Waals surface area contributed by atoms with Gasteiger partial charge in [-0.2, -0.15) is 0 Å². The first-order chi connectivity index (χ1) is 7.31. The molecule has 90 valence electrons. The van der Waals surface area contributed by atoms with E-state index in [0.29, 0.717) is 18.9 Å². The number of halogens is 1. The number of hydrogen-bond acceptors (Lipinski definition) is 2.